The molecular weight excluding hydrogens is 350 g/mol. The smallest absolute Gasteiger partial charge is 0.253 e. The third-order valence-electron chi connectivity index (χ3n) is 4.55. The Morgan fingerprint density at radius 1 is 0.885 bits per heavy atom. The summed E-state index contributed by atoms with van der Waals surface area (Å²) < 4.78 is 0. The van der Waals surface area contributed by atoms with Gasteiger partial charge in [-0.25, -0.2) is 0 Å². The van der Waals surface area contributed by atoms with Crippen molar-refractivity contribution < 1.29 is 9.59 Å². The van der Waals surface area contributed by atoms with Crippen molar-refractivity contribution in [1.29, 1.82) is 0 Å². The summed E-state index contributed by atoms with van der Waals surface area (Å²) >= 11 is 0. The molecule has 1 heterocycles. The lowest BCUT2D eigenvalue weighted by atomic mass is 10.1. The van der Waals surface area contributed by atoms with Gasteiger partial charge in [0, 0.05) is 37.4 Å². The molecule has 26 heavy (non-hydrogen) atoms. The number of nitrogens with zero attached hydrogens (tertiary/aromatic N) is 2. The molecular formula is C20H24ClN3O2. The zero-order valence-corrected chi connectivity index (χ0v) is 15.7. The van der Waals surface area contributed by atoms with Gasteiger partial charge in [0.1, 0.15) is 0 Å². The number of nitrogen functional groups attached to an aromatic ring is 1. The largest absolute Gasteiger partial charge is 0.399 e. The van der Waals surface area contributed by atoms with Crippen LogP contribution in [0.15, 0.2) is 48.5 Å². The van der Waals surface area contributed by atoms with Gasteiger partial charge in [-0.3, -0.25) is 9.59 Å². The van der Waals surface area contributed by atoms with E-state index in [2.05, 4.69) is 0 Å². The second-order valence-electron chi connectivity index (χ2n) is 6.46. The van der Waals surface area contributed by atoms with E-state index in [0.717, 1.165) is 11.1 Å². The molecule has 0 aromatic heterocycles. The third kappa shape index (κ3) is 4.76. The Kier molecular flexibility index (Phi) is 6.64. The van der Waals surface area contributed by atoms with E-state index in [-0.39, 0.29) is 24.2 Å². The molecule has 0 spiro atoms. The lowest BCUT2D eigenvalue weighted by Gasteiger charge is -2.35. The number of halogens is 1. The first-order valence-corrected chi connectivity index (χ1v) is 8.51. The second kappa shape index (κ2) is 8.72. The quantitative estimate of drug-likeness (QED) is 0.841. The summed E-state index contributed by atoms with van der Waals surface area (Å²) in [5, 5.41) is 0. The summed E-state index contributed by atoms with van der Waals surface area (Å²) in [4.78, 5) is 28.6. The average molecular weight is 374 g/mol. The molecule has 1 fully saturated rings. The molecule has 2 N–H and O–H groups in total. The minimum absolute atomic E-state index is 0. The third-order valence-corrected chi connectivity index (χ3v) is 4.55. The van der Waals surface area contributed by atoms with Crippen LogP contribution >= 0.6 is 12.4 Å². The van der Waals surface area contributed by atoms with Gasteiger partial charge in [0.05, 0.1) is 6.42 Å². The van der Waals surface area contributed by atoms with Crippen molar-refractivity contribution in [1.82, 2.24) is 9.80 Å². The highest BCUT2D eigenvalue weighted by Gasteiger charge is 2.24. The minimum atomic E-state index is 0. The highest BCUT2D eigenvalue weighted by molar-refractivity contribution is 5.94. The van der Waals surface area contributed by atoms with E-state index in [0.29, 0.717) is 43.9 Å². The van der Waals surface area contributed by atoms with Crippen LogP contribution in [-0.2, 0) is 11.2 Å². The topological polar surface area (TPSA) is 66.6 Å². The van der Waals surface area contributed by atoms with Gasteiger partial charge in [0.25, 0.3) is 5.91 Å². The van der Waals surface area contributed by atoms with Crippen LogP contribution in [0.5, 0.6) is 0 Å². The number of benzene rings is 2. The second-order valence-corrected chi connectivity index (χ2v) is 6.46. The van der Waals surface area contributed by atoms with Gasteiger partial charge in [0.2, 0.25) is 5.91 Å². The van der Waals surface area contributed by atoms with Crippen molar-refractivity contribution in [3.63, 3.8) is 0 Å². The fourth-order valence-corrected chi connectivity index (χ4v) is 2.96. The average Bonchev–Trinajstić information content (AvgIpc) is 2.64. The van der Waals surface area contributed by atoms with Crippen molar-refractivity contribution in [2.24, 2.45) is 0 Å². The Morgan fingerprint density at radius 3 is 2.00 bits per heavy atom. The highest BCUT2D eigenvalue weighted by Crippen LogP contribution is 2.12. The molecule has 1 aliphatic rings. The Hall–Kier alpha value is -2.53. The minimum Gasteiger partial charge on any atom is -0.399 e. The Labute approximate surface area is 160 Å². The van der Waals surface area contributed by atoms with Crippen LogP contribution in [0.25, 0.3) is 0 Å². The summed E-state index contributed by atoms with van der Waals surface area (Å²) in [6.45, 7) is 4.29. The molecule has 2 aromatic carbocycles. The highest BCUT2D eigenvalue weighted by atomic mass is 35.5. The van der Waals surface area contributed by atoms with Crippen molar-refractivity contribution >= 4 is 29.9 Å². The monoisotopic (exact) mass is 373 g/mol. The molecule has 1 saturated heterocycles. The summed E-state index contributed by atoms with van der Waals surface area (Å²) in [6, 6.07) is 15.0. The molecule has 5 nitrogen and oxygen atoms in total. The number of nitrogens with two attached hydrogens (primary N) is 1. The SMILES string of the molecule is Cc1ccc(C(=O)N2CCN(C(=O)Cc3ccc(N)cc3)CC2)cc1.Cl. The van der Waals surface area contributed by atoms with Crippen molar-refractivity contribution in [3.05, 3.63) is 65.2 Å². The molecule has 1 aliphatic heterocycles. The number of hydrogen-bond acceptors (Lipinski definition) is 3. The van der Waals surface area contributed by atoms with Crippen LogP contribution in [0.2, 0.25) is 0 Å². The molecule has 6 heteroatoms. The summed E-state index contributed by atoms with van der Waals surface area (Å²) in [5.41, 5.74) is 9.15. The first kappa shape index (κ1) is 19.8. The van der Waals surface area contributed by atoms with E-state index in [1.165, 1.54) is 0 Å². The first-order valence-electron chi connectivity index (χ1n) is 8.51. The van der Waals surface area contributed by atoms with E-state index in [4.69, 9.17) is 5.73 Å². The van der Waals surface area contributed by atoms with Crippen molar-refractivity contribution in [2.45, 2.75) is 13.3 Å². The summed E-state index contributed by atoms with van der Waals surface area (Å²) in [7, 11) is 0. The van der Waals surface area contributed by atoms with Gasteiger partial charge >= 0.3 is 0 Å². The number of carbonyl (C=O) groups is 2. The zero-order valence-electron chi connectivity index (χ0n) is 14.9. The number of aryl methyl sites for hydroxylation is 1. The molecule has 3 rings (SSSR count). The van der Waals surface area contributed by atoms with Crippen LogP contribution in [-0.4, -0.2) is 47.8 Å². The van der Waals surface area contributed by atoms with Crippen LogP contribution in [0.3, 0.4) is 0 Å². The number of carbonyl (C=O) groups excluding carboxylic acids is 2. The van der Waals surface area contributed by atoms with Crippen LogP contribution < -0.4 is 5.73 Å². The predicted octanol–water partition coefficient (Wildman–Crippen LogP) is 2.53. The lowest BCUT2D eigenvalue weighted by molar-refractivity contribution is -0.131. The zero-order chi connectivity index (χ0) is 17.8. The normalized spacial score (nSPS) is 13.9. The van der Waals surface area contributed by atoms with Gasteiger partial charge in [-0.1, -0.05) is 29.8 Å². The molecule has 0 aliphatic carbocycles. The molecule has 2 aromatic rings. The fraction of sp³-hybridized carbons (Fsp3) is 0.300. The fourth-order valence-electron chi connectivity index (χ4n) is 2.96. The molecule has 0 bridgehead atoms. The molecule has 2 amide bonds. The lowest BCUT2D eigenvalue weighted by Crippen LogP contribution is -2.51. The number of anilines is 1. The van der Waals surface area contributed by atoms with E-state index in [9.17, 15) is 9.59 Å². The van der Waals surface area contributed by atoms with E-state index in [1.807, 2.05) is 53.1 Å². The summed E-state index contributed by atoms with van der Waals surface area (Å²) in [6.07, 6.45) is 0.367. The molecule has 0 atom stereocenters. The first-order chi connectivity index (χ1) is 12.0. The standard InChI is InChI=1S/C20H23N3O2.ClH/c1-15-2-6-17(7-3-15)20(25)23-12-10-22(11-13-23)19(24)14-16-4-8-18(21)9-5-16;/h2-9H,10-14,21H2,1H3;1H. The number of rotatable bonds is 3. The van der Waals surface area contributed by atoms with E-state index < -0.39 is 0 Å². The number of amides is 2. The Morgan fingerprint density at radius 2 is 1.42 bits per heavy atom. The van der Waals surface area contributed by atoms with Crippen LogP contribution in [0.4, 0.5) is 5.69 Å². The number of hydrogen-bond donors (Lipinski definition) is 1. The van der Waals surface area contributed by atoms with Crippen molar-refractivity contribution in [2.75, 3.05) is 31.9 Å². The Balaban J connectivity index is 0.00000243. The van der Waals surface area contributed by atoms with Gasteiger partial charge in [-0.15, -0.1) is 12.4 Å². The molecule has 0 unspecified atom stereocenters. The maximum Gasteiger partial charge on any atom is 0.253 e. The van der Waals surface area contributed by atoms with Crippen LogP contribution in [0.1, 0.15) is 21.5 Å². The van der Waals surface area contributed by atoms with E-state index in [1.54, 1.807) is 12.1 Å². The van der Waals surface area contributed by atoms with Gasteiger partial charge in [0.15, 0.2) is 0 Å². The maximum atomic E-state index is 12.5. The van der Waals surface area contributed by atoms with Crippen LogP contribution in [0, 0.1) is 6.92 Å². The number of piperazine rings is 1. The Bertz CT molecular complexity index is 752. The van der Waals surface area contributed by atoms with E-state index >= 15 is 0 Å². The van der Waals surface area contributed by atoms with Crippen molar-refractivity contribution in [3.8, 4) is 0 Å². The molecule has 0 radical (unpaired) electrons. The predicted molar refractivity (Wildman–Crippen MR) is 105 cm³/mol. The molecule has 0 saturated carbocycles. The van der Waals surface area contributed by atoms with Gasteiger partial charge in [-0.05, 0) is 36.8 Å². The summed E-state index contributed by atoms with van der Waals surface area (Å²) in [5.74, 6) is 0.123. The maximum absolute atomic E-state index is 12.5. The van der Waals surface area contributed by atoms with Gasteiger partial charge in [-0.2, -0.15) is 0 Å². The molecule has 138 valence electrons. The van der Waals surface area contributed by atoms with Gasteiger partial charge < -0.3 is 15.5 Å².